The maximum absolute atomic E-state index is 4.75. The van der Waals surface area contributed by atoms with Crippen LogP contribution >= 0.6 is 23.1 Å². The topological polar surface area (TPSA) is 12.9 Å². The summed E-state index contributed by atoms with van der Waals surface area (Å²) in [5, 5.41) is 0. The Hall–Kier alpha value is -0.800. The fourth-order valence-corrected chi connectivity index (χ4v) is 4.36. The molecule has 1 heterocycles. The molecule has 17 heavy (non-hydrogen) atoms. The van der Waals surface area contributed by atoms with E-state index in [4.69, 9.17) is 4.98 Å². The summed E-state index contributed by atoms with van der Waals surface area (Å²) < 4.78 is 1.25. The van der Waals surface area contributed by atoms with Crippen LogP contribution in [0.25, 0.3) is 0 Å². The van der Waals surface area contributed by atoms with Crippen molar-refractivity contribution >= 4 is 23.1 Å². The van der Waals surface area contributed by atoms with Crippen LogP contribution in [-0.2, 0) is 18.6 Å². The second kappa shape index (κ2) is 5.23. The van der Waals surface area contributed by atoms with Gasteiger partial charge in [0.1, 0.15) is 0 Å². The molecule has 0 unspecified atom stereocenters. The second-order valence-corrected chi connectivity index (χ2v) is 6.64. The van der Waals surface area contributed by atoms with Gasteiger partial charge in [0.25, 0.3) is 0 Å². The van der Waals surface area contributed by atoms with Crippen LogP contribution in [0.2, 0.25) is 0 Å². The van der Waals surface area contributed by atoms with Crippen molar-refractivity contribution in [1.82, 2.24) is 4.98 Å². The number of thiazole rings is 1. The van der Waals surface area contributed by atoms with E-state index in [-0.39, 0.29) is 0 Å². The van der Waals surface area contributed by atoms with Crippen molar-refractivity contribution in [3.05, 3.63) is 46.5 Å². The molecular weight excluding hydrogens is 246 g/mol. The van der Waals surface area contributed by atoms with Crippen LogP contribution in [0.1, 0.15) is 29.0 Å². The molecule has 0 saturated heterocycles. The SMILES string of the molecule is c1ccc(CSc2nc3c(s2)CCCC3)cc1. The van der Waals surface area contributed by atoms with E-state index in [1.165, 1.54) is 46.2 Å². The third kappa shape index (κ3) is 2.72. The zero-order chi connectivity index (χ0) is 11.5. The summed E-state index contributed by atoms with van der Waals surface area (Å²) in [6.07, 6.45) is 5.11. The van der Waals surface area contributed by atoms with Gasteiger partial charge >= 0.3 is 0 Å². The lowest BCUT2D eigenvalue weighted by Gasteiger charge is -2.06. The third-order valence-corrected chi connectivity index (χ3v) is 5.40. The monoisotopic (exact) mass is 261 g/mol. The van der Waals surface area contributed by atoms with Crippen molar-refractivity contribution in [3.8, 4) is 0 Å². The minimum Gasteiger partial charge on any atom is -0.234 e. The molecule has 0 fully saturated rings. The minimum absolute atomic E-state index is 1.03. The van der Waals surface area contributed by atoms with Gasteiger partial charge in [-0.1, -0.05) is 42.1 Å². The van der Waals surface area contributed by atoms with Crippen LogP contribution in [-0.4, -0.2) is 4.98 Å². The Morgan fingerprint density at radius 1 is 1.12 bits per heavy atom. The molecule has 0 saturated carbocycles. The van der Waals surface area contributed by atoms with Gasteiger partial charge < -0.3 is 0 Å². The average Bonchev–Trinajstić information content (AvgIpc) is 2.80. The van der Waals surface area contributed by atoms with Crippen LogP contribution in [0, 0.1) is 0 Å². The van der Waals surface area contributed by atoms with Crippen molar-refractivity contribution in [1.29, 1.82) is 0 Å². The summed E-state index contributed by atoms with van der Waals surface area (Å²) in [4.78, 5) is 6.28. The average molecular weight is 261 g/mol. The Morgan fingerprint density at radius 2 is 1.94 bits per heavy atom. The van der Waals surface area contributed by atoms with E-state index in [1.54, 1.807) is 0 Å². The number of aryl methyl sites for hydroxylation is 2. The summed E-state index contributed by atoms with van der Waals surface area (Å²) in [5.41, 5.74) is 2.75. The molecule has 0 N–H and O–H groups in total. The molecule has 3 rings (SSSR count). The molecule has 3 heteroatoms. The van der Waals surface area contributed by atoms with Crippen LogP contribution in [0.4, 0.5) is 0 Å². The van der Waals surface area contributed by atoms with Gasteiger partial charge in [0, 0.05) is 10.6 Å². The first-order chi connectivity index (χ1) is 8.42. The molecule has 2 aromatic rings. The first-order valence-electron chi connectivity index (χ1n) is 6.07. The van der Waals surface area contributed by atoms with Crippen molar-refractivity contribution in [2.24, 2.45) is 0 Å². The molecule has 88 valence electrons. The normalized spacial score (nSPS) is 14.6. The van der Waals surface area contributed by atoms with Gasteiger partial charge in [-0.2, -0.15) is 0 Å². The van der Waals surface area contributed by atoms with Crippen LogP contribution in [0.3, 0.4) is 0 Å². The second-order valence-electron chi connectivity index (χ2n) is 4.33. The van der Waals surface area contributed by atoms with Crippen LogP contribution < -0.4 is 0 Å². The quantitative estimate of drug-likeness (QED) is 0.763. The molecule has 1 nitrogen and oxygen atoms in total. The number of fused-ring (bicyclic) bond motifs is 1. The van der Waals surface area contributed by atoms with Crippen molar-refractivity contribution < 1.29 is 0 Å². The highest BCUT2D eigenvalue weighted by molar-refractivity contribution is 8.00. The highest BCUT2D eigenvalue weighted by Gasteiger charge is 2.15. The zero-order valence-electron chi connectivity index (χ0n) is 9.69. The van der Waals surface area contributed by atoms with E-state index < -0.39 is 0 Å². The van der Waals surface area contributed by atoms with Crippen LogP contribution in [0.5, 0.6) is 0 Å². The van der Waals surface area contributed by atoms with Gasteiger partial charge in [-0.3, -0.25) is 0 Å². The van der Waals surface area contributed by atoms with Gasteiger partial charge in [-0.05, 0) is 31.2 Å². The number of thioether (sulfide) groups is 1. The van der Waals surface area contributed by atoms with E-state index in [1.807, 2.05) is 23.1 Å². The number of rotatable bonds is 3. The standard InChI is InChI=1S/C14H15NS2/c1-2-6-11(7-3-1)10-16-14-15-12-8-4-5-9-13(12)17-14/h1-3,6-7H,4-5,8-10H2. The Morgan fingerprint density at radius 3 is 2.76 bits per heavy atom. The Balaban J connectivity index is 1.67. The predicted octanol–water partition coefficient (Wildman–Crippen LogP) is 4.31. The largest absolute Gasteiger partial charge is 0.234 e. The zero-order valence-corrected chi connectivity index (χ0v) is 11.3. The Kier molecular flexibility index (Phi) is 3.48. The van der Waals surface area contributed by atoms with E-state index >= 15 is 0 Å². The fourth-order valence-electron chi connectivity index (χ4n) is 2.11. The molecule has 0 atom stereocenters. The number of nitrogens with zero attached hydrogens (tertiary/aromatic N) is 1. The minimum atomic E-state index is 1.03. The molecule has 0 radical (unpaired) electrons. The highest BCUT2D eigenvalue weighted by Crippen LogP contribution is 2.33. The maximum atomic E-state index is 4.75. The molecule has 1 aromatic carbocycles. The summed E-state index contributed by atoms with van der Waals surface area (Å²) in [5.74, 6) is 1.03. The number of hydrogen-bond acceptors (Lipinski definition) is 3. The number of aromatic nitrogens is 1. The molecular formula is C14H15NS2. The molecule has 0 bridgehead atoms. The van der Waals surface area contributed by atoms with Gasteiger partial charge in [0.15, 0.2) is 4.34 Å². The number of benzene rings is 1. The maximum Gasteiger partial charge on any atom is 0.150 e. The summed E-state index contributed by atoms with van der Waals surface area (Å²) in [7, 11) is 0. The van der Waals surface area contributed by atoms with Gasteiger partial charge in [-0.25, -0.2) is 4.98 Å². The molecule has 0 spiro atoms. The lowest BCUT2D eigenvalue weighted by molar-refractivity contribution is 0.680. The molecule has 1 aromatic heterocycles. The third-order valence-electron chi connectivity index (χ3n) is 3.03. The van der Waals surface area contributed by atoms with Crippen molar-refractivity contribution in [2.75, 3.05) is 0 Å². The van der Waals surface area contributed by atoms with Crippen molar-refractivity contribution in [2.45, 2.75) is 35.8 Å². The van der Waals surface area contributed by atoms with E-state index in [9.17, 15) is 0 Å². The van der Waals surface area contributed by atoms with E-state index in [2.05, 4.69) is 30.3 Å². The molecule has 1 aliphatic rings. The van der Waals surface area contributed by atoms with Crippen LogP contribution in [0.15, 0.2) is 34.7 Å². The Labute approximate surface area is 110 Å². The molecule has 0 aliphatic heterocycles. The fraction of sp³-hybridized carbons (Fsp3) is 0.357. The first kappa shape index (κ1) is 11.3. The Bertz CT molecular complexity index is 467. The van der Waals surface area contributed by atoms with E-state index in [0.717, 1.165) is 5.75 Å². The molecule has 0 amide bonds. The highest BCUT2D eigenvalue weighted by atomic mass is 32.2. The summed E-state index contributed by atoms with van der Waals surface area (Å²) in [6, 6.07) is 10.6. The summed E-state index contributed by atoms with van der Waals surface area (Å²) in [6.45, 7) is 0. The van der Waals surface area contributed by atoms with Crippen molar-refractivity contribution in [3.63, 3.8) is 0 Å². The smallest absolute Gasteiger partial charge is 0.150 e. The number of hydrogen-bond donors (Lipinski definition) is 0. The van der Waals surface area contributed by atoms with Gasteiger partial charge in [-0.15, -0.1) is 11.3 Å². The summed E-state index contributed by atoms with van der Waals surface area (Å²) >= 11 is 3.78. The van der Waals surface area contributed by atoms with Gasteiger partial charge in [0.05, 0.1) is 5.69 Å². The lowest BCUT2D eigenvalue weighted by atomic mass is 10.0. The molecule has 1 aliphatic carbocycles. The lowest BCUT2D eigenvalue weighted by Crippen LogP contribution is -1.98. The van der Waals surface area contributed by atoms with Gasteiger partial charge in [0.2, 0.25) is 0 Å². The predicted molar refractivity (Wildman–Crippen MR) is 74.8 cm³/mol. The van der Waals surface area contributed by atoms with E-state index in [0.29, 0.717) is 0 Å². The first-order valence-corrected chi connectivity index (χ1v) is 7.87.